The number of aliphatic hydroxyl groups is 1. The van der Waals surface area contributed by atoms with Crippen molar-refractivity contribution in [2.75, 3.05) is 13.2 Å². The average molecular weight is 144 g/mol. The van der Waals surface area contributed by atoms with Crippen molar-refractivity contribution in [3.05, 3.63) is 0 Å². The van der Waals surface area contributed by atoms with Gasteiger partial charge >= 0.3 is 0 Å². The van der Waals surface area contributed by atoms with E-state index in [0.717, 1.165) is 6.42 Å². The number of hydrogen-bond donors (Lipinski definition) is 2. The molecule has 0 spiro atoms. The zero-order chi connectivity index (χ0) is 7.66. The van der Waals surface area contributed by atoms with Crippen LogP contribution in [0.2, 0.25) is 0 Å². The maximum atomic E-state index is 8.33. The Morgan fingerprint density at radius 2 is 2.40 bits per heavy atom. The van der Waals surface area contributed by atoms with Gasteiger partial charge in [0.25, 0.3) is 0 Å². The lowest BCUT2D eigenvalue weighted by atomic mass is 10.3. The Morgan fingerprint density at radius 3 is 3.00 bits per heavy atom. The van der Waals surface area contributed by atoms with Gasteiger partial charge in [-0.3, -0.25) is 0 Å². The molecular weight excluding hydrogens is 128 g/mol. The molecule has 0 heterocycles. The number of aliphatic hydroxyl groups excluding tert-OH is 1. The first-order valence-electron chi connectivity index (χ1n) is 3.77. The van der Waals surface area contributed by atoms with Gasteiger partial charge in [0.1, 0.15) is 0 Å². The molecule has 0 fully saturated rings. The van der Waals surface area contributed by atoms with E-state index in [-0.39, 0.29) is 6.61 Å². The van der Waals surface area contributed by atoms with E-state index in [9.17, 15) is 0 Å². The summed E-state index contributed by atoms with van der Waals surface area (Å²) in [4.78, 5) is 0. The highest BCUT2D eigenvalue weighted by atomic mass is 16.3. The molecule has 0 bridgehead atoms. The Bertz CT molecular complexity index is 73.7. The van der Waals surface area contributed by atoms with E-state index in [4.69, 9.17) is 5.11 Å². The standard InChI is InChI=1S/C7H16N2O/c1-2-3-4-5-8-9-6-7-10/h5,9-10H,2-4,6-7H2,1H3/b8-5+. The number of hydrogen-bond acceptors (Lipinski definition) is 3. The van der Waals surface area contributed by atoms with Crippen LogP contribution in [0, 0.1) is 0 Å². The Labute approximate surface area is 62.1 Å². The number of nitrogens with one attached hydrogen (secondary N) is 1. The lowest BCUT2D eigenvalue weighted by molar-refractivity contribution is 0.293. The van der Waals surface area contributed by atoms with Gasteiger partial charge in [-0.1, -0.05) is 13.3 Å². The molecule has 0 aromatic rings. The van der Waals surface area contributed by atoms with Gasteiger partial charge in [-0.2, -0.15) is 5.10 Å². The molecule has 0 rings (SSSR count). The molecule has 0 unspecified atom stereocenters. The van der Waals surface area contributed by atoms with Crippen LogP contribution in [-0.2, 0) is 0 Å². The second kappa shape index (κ2) is 8.43. The van der Waals surface area contributed by atoms with Crippen LogP contribution in [0.4, 0.5) is 0 Å². The van der Waals surface area contributed by atoms with Crippen LogP contribution in [0.15, 0.2) is 5.10 Å². The third-order valence-electron chi connectivity index (χ3n) is 1.09. The molecule has 0 amide bonds. The molecule has 0 aliphatic heterocycles. The predicted molar refractivity (Wildman–Crippen MR) is 43.1 cm³/mol. The quantitative estimate of drug-likeness (QED) is 0.328. The van der Waals surface area contributed by atoms with E-state index in [1.54, 1.807) is 0 Å². The van der Waals surface area contributed by atoms with Crippen molar-refractivity contribution in [2.24, 2.45) is 5.10 Å². The highest BCUT2D eigenvalue weighted by Gasteiger charge is 1.78. The fourth-order valence-electron chi connectivity index (χ4n) is 0.539. The molecule has 0 atom stereocenters. The SMILES string of the molecule is CCCC/C=N/NCCO. The highest BCUT2D eigenvalue weighted by Crippen LogP contribution is 1.88. The van der Waals surface area contributed by atoms with E-state index in [2.05, 4.69) is 17.5 Å². The maximum Gasteiger partial charge on any atom is 0.0620 e. The first-order valence-corrected chi connectivity index (χ1v) is 3.77. The summed E-state index contributed by atoms with van der Waals surface area (Å²) < 4.78 is 0. The molecule has 0 aromatic carbocycles. The van der Waals surface area contributed by atoms with Gasteiger partial charge in [0.2, 0.25) is 0 Å². The van der Waals surface area contributed by atoms with Gasteiger partial charge in [0.15, 0.2) is 0 Å². The van der Waals surface area contributed by atoms with Crippen molar-refractivity contribution < 1.29 is 5.11 Å². The van der Waals surface area contributed by atoms with Gasteiger partial charge in [-0.25, -0.2) is 0 Å². The summed E-state index contributed by atoms with van der Waals surface area (Å²) in [5.41, 5.74) is 2.71. The van der Waals surface area contributed by atoms with Gasteiger partial charge in [0.05, 0.1) is 13.2 Å². The van der Waals surface area contributed by atoms with E-state index < -0.39 is 0 Å². The molecule has 0 saturated carbocycles. The molecule has 0 aliphatic rings. The van der Waals surface area contributed by atoms with Crippen LogP contribution in [0.25, 0.3) is 0 Å². The third kappa shape index (κ3) is 7.43. The Morgan fingerprint density at radius 1 is 1.60 bits per heavy atom. The fraction of sp³-hybridized carbons (Fsp3) is 0.857. The van der Waals surface area contributed by atoms with Gasteiger partial charge < -0.3 is 10.5 Å². The second-order valence-corrected chi connectivity index (χ2v) is 2.09. The molecule has 10 heavy (non-hydrogen) atoms. The van der Waals surface area contributed by atoms with Gasteiger partial charge in [-0.15, -0.1) is 0 Å². The van der Waals surface area contributed by atoms with Crippen LogP contribution >= 0.6 is 0 Å². The third-order valence-corrected chi connectivity index (χ3v) is 1.09. The van der Waals surface area contributed by atoms with Crippen molar-refractivity contribution in [1.82, 2.24) is 5.43 Å². The molecular formula is C7H16N2O. The van der Waals surface area contributed by atoms with Crippen LogP contribution in [0.3, 0.4) is 0 Å². The minimum Gasteiger partial charge on any atom is -0.394 e. The van der Waals surface area contributed by atoms with Gasteiger partial charge in [-0.05, 0) is 12.8 Å². The normalized spacial score (nSPS) is 10.6. The van der Waals surface area contributed by atoms with E-state index in [1.807, 2.05) is 6.21 Å². The number of nitrogens with zero attached hydrogens (tertiary/aromatic N) is 1. The highest BCUT2D eigenvalue weighted by molar-refractivity contribution is 5.56. The molecule has 0 saturated heterocycles. The molecule has 0 aromatic heterocycles. The van der Waals surface area contributed by atoms with E-state index in [1.165, 1.54) is 12.8 Å². The first-order chi connectivity index (χ1) is 4.91. The van der Waals surface area contributed by atoms with Crippen LogP contribution in [0.5, 0.6) is 0 Å². The summed E-state index contributed by atoms with van der Waals surface area (Å²) in [5.74, 6) is 0. The molecule has 0 radical (unpaired) electrons. The molecule has 3 nitrogen and oxygen atoms in total. The van der Waals surface area contributed by atoms with Crippen molar-refractivity contribution in [1.29, 1.82) is 0 Å². The van der Waals surface area contributed by atoms with Crippen LogP contribution in [0.1, 0.15) is 26.2 Å². The summed E-state index contributed by atoms with van der Waals surface area (Å²) in [6, 6.07) is 0. The van der Waals surface area contributed by atoms with Crippen LogP contribution < -0.4 is 5.43 Å². The zero-order valence-corrected chi connectivity index (χ0v) is 6.51. The topological polar surface area (TPSA) is 44.6 Å². The Hall–Kier alpha value is -0.570. The largest absolute Gasteiger partial charge is 0.394 e. The van der Waals surface area contributed by atoms with Gasteiger partial charge in [0, 0.05) is 6.21 Å². The molecule has 2 N–H and O–H groups in total. The summed E-state index contributed by atoms with van der Waals surface area (Å²) in [6.45, 7) is 2.84. The maximum absolute atomic E-state index is 8.33. The summed E-state index contributed by atoms with van der Waals surface area (Å²) in [6.07, 6.45) is 5.25. The summed E-state index contributed by atoms with van der Waals surface area (Å²) in [5, 5.41) is 12.2. The predicted octanol–water partition coefficient (Wildman–Crippen LogP) is 0.744. The number of rotatable bonds is 6. The Balaban J connectivity index is 2.89. The van der Waals surface area contributed by atoms with E-state index in [0.29, 0.717) is 6.54 Å². The lowest BCUT2D eigenvalue weighted by Crippen LogP contribution is -2.10. The lowest BCUT2D eigenvalue weighted by Gasteiger charge is -1.93. The molecule has 3 heteroatoms. The smallest absolute Gasteiger partial charge is 0.0620 e. The number of hydrazone groups is 1. The number of unbranched alkanes of at least 4 members (excludes halogenated alkanes) is 2. The van der Waals surface area contributed by atoms with Crippen LogP contribution in [-0.4, -0.2) is 24.5 Å². The van der Waals surface area contributed by atoms with Crippen molar-refractivity contribution in [3.63, 3.8) is 0 Å². The molecule has 0 aliphatic carbocycles. The second-order valence-electron chi connectivity index (χ2n) is 2.09. The van der Waals surface area contributed by atoms with E-state index >= 15 is 0 Å². The van der Waals surface area contributed by atoms with Crippen molar-refractivity contribution >= 4 is 6.21 Å². The zero-order valence-electron chi connectivity index (χ0n) is 6.51. The van der Waals surface area contributed by atoms with Crippen molar-refractivity contribution in [3.8, 4) is 0 Å². The van der Waals surface area contributed by atoms with Crippen molar-refractivity contribution in [2.45, 2.75) is 26.2 Å². The summed E-state index contributed by atoms with van der Waals surface area (Å²) in [7, 11) is 0. The Kier molecular flexibility index (Phi) is 7.95. The summed E-state index contributed by atoms with van der Waals surface area (Å²) >= 11 is 0. The molecule has 60 valence electrons. The first kappa shape index (κ1) is 9.43. The minimum atomic E-state index is 0.144. The average Bonchev–Trinajstić information content (AvgIpc) is 1.97. The monoisotopic (exact) mass is 144 g/mol. The minimum absolute atomic E-state index is 0.144. The fourth-order valence-corrected chi connectivity index (χ4v) is 0.539.